The van der Waals surface area contributed by atoms with Crippen molar-refractivity contribution in [2.24, 2.45) is 5.92 Å². The van der Waals surface area contributed by atoms with Gasteiger partial charge in [-0.3, -0.25) is 4.79 Å². The Hall–Kier alpha value is -1.32. The Balaban J connectivity index is 2.26. The minimum absolute atomic E-state index is 0.0602. The minimum atomic E-state index is -0.0602. The topological polar surface area (TPSA) is 71.8 Å². The van der Waals surface area contributed by atoms with Gasteiger partial charge < -0.3 is 10.7 Å². The normalized spacial score (nSPS) is 24.1. The molecule has 3 N–H and O–H groups in total. The Bertz CT molecular complexity index is 452. The van der Waals surface area contributed by atoms with Crippen molar-refractivity contribution in [3.8, 4) is 0 Å². The molecule has 2 rings (SSSR count). The summed E-state index contributed by atoms with van der Waals surface area (Å²) in [5.41, 5.74) is 6.39. The molecule has 1 saturated carbocycles. The van der Waals surface area contributed by atoms with Crippen LogP contribution in [0.15, 0.2) is 4.79 Å². The number of nitrogen functional groups attached to an aromatic ring is 1. The maximum Gasteiger partial charge on any atom is 0.256 e. The number of hydrogen-bond acceptors (Lipinski definition) is 3. The lowest BCUT2D eigenvalue weighted by molar-refractivity contribution is 0.516. The second-order valence-electron chi connectivity index (χ2n) is 4.95. The van der Waals surface area contributed by atoms with Gasteiger partial charge in [-0.2, -0.15) is 0 Å². The first kappa shape index (κ1) is 12.1. The van der Waals surface area contributed by atoms with Crippen LogP contribution in [0.25, 0.3) is 0 Å². The Morgan fingerprint density at radius 2 is 2.18 bits per heavy atom. The van der Waals surface area contributed by atoms with Gasteiger partial charge in [-0.15, -0.1) is 0 Å². The van der Waals surface area contributed by atoms with E-state index >= 15 is 0 Å². The molecule has 2 unspecified atom stereocenters. The summed E-state index contributed by atoms with van der Waals surface area (Å²) in [5.74, 6) is 2.37. The van der Waals surface area contributed by atoms with Gasteiger partial charge in [-0.05, 0) is 31.6 Å². The molecule has 4 nitrogen and oxygen atoms in total. The van der Waals surface area contributed by atoms with Gasteiger partial charge >= 0.3 is 0 Å². The predicted octanol–water partition coefficient (Wildman–Crippen LogP) is 2.21. The van der Waals surface area contributed by atoms with E-state index in [9.17, 15) is 4.79 Å². The maximum absolute atomic E-state index is 11.8. The molecule has 1 fully saturated rings. The third-order valence-electron chi connectivity index (χ3n) is 3.92. The van der Waals surface area contributed by atoms with Crippen LogP contribution in [0.5, 0.6) is 0 Å². The zero-order valence-corrected chi connectivity index (χ0v) is 10.6. The molecule has 0 aromatic carbocycles. The molecule has 0 spiro atoms. The van der Waals surface area contributed by atoms with Gasteiger partial charge in [0.05, 0.1) is 5.56 Å². The third kappa shape index (κ3) is 2.35. The van der Waals surface area contributed by atoms with E-state index in [4.69, 9.17) is 5.73 Å². The van der Waals surface area contributed by atoms with Gasteiger partial charge in [0.2, 0.25) is 0 Å². The van der Waals surface area contributed by atoms with Crippen LogP contribution in [0, 0.1) is 5.92 Å². The van der Waals surface area contributed by atoms with Crippen LogP contribution in [0.4, 0.5) is 5.82 Å². The van der Waals surface area contributed by atoms with E-state index in [1.807, 2.05) is 6.92 Å². The van der Waals surface area contributed by atoms with Crippen LogP contribution >= 0.6 is 0 Å². The van der Waals surface area contributed by atoms with E-state index in [-0.39, 0.29) is 5.56 Å². The highest BCUT2D eigenvalue weighted by Gasteiger charge is 2.26. The molecule has 4 heteroatoms. The highest BCUT2D eigenvalue weighted by molar-refractivity contribution is 5.37. The molecular formula is C13H21N3O. The van der Waals surface area contributed by atoms with Crippen LogP contribution in [0.3, 0.4) is 0 Å². The van der Waals surface area contributed by atoms with Crippen LogP contribution in [-0.2, 0) is 6.42 Å². The average molecular weight is 235 g/mol. The van der Waals surface area contributed by atoms with E-state index < -0.39 is 0 Å². The average Bonchev–Trinajstić information content (AvgIpc) is 2.77. The van der Waals surface area contributed by atoms with Gasteiger partial charge in [0.1, 0.15) is 11.6 Å². The first-order chi connectivity index (χ1) is 8.15. The maximum atomic E-state index is 11.8. The minimum Gasteiger partial charge on any atom is -0.383 e. The SMILES string of the molecule is CCc1c(N)nc(C2CCC(CC)C2)[nH]c1=O. The first-order valence-electron chi connectivity index (χ1n) is 6.54. The largest absolute Gasteiger partial charge is 0.383 e. The summed E-state index contributed by atoms with van der Waals surface area (Å²) in [7, 11) is 0. The molecule has 1 heterocycles. The van der Waals surface area contributed by atoms with E-state index in [2.05, 4.69) is 16.9 Å². The summed E-state index contributed by atoms with van der Waals surface area (Å²) in [4.78, 5) is 19.1. The second-order valence-corrected chi connectivity index (χ2v) is 4.95. The standard InChI is InChI=1S/C13H21N3O/c1-3-8-5-6-9(7-8)12-15-11(14)10(4-2)13(17)16-12/h8-9H,3-7H2,1-2H3,(H3,14,15,16,17). The van der Waals surface area contributed by atoms with Crippen molar-refractivity contribution < 1.29 is 0 Å². The molecule has 1 aromatic rings. The van der Waals surface area contributed by atoms with Crippen molar-refractivity contribution in [1.29, 1.82) is 0 Å². The van der Waals surface area contributed by atoms with E-state index in [1.54, 1.807) is 0 Å². The van der Waals surface area contributed by atoms with Gasteiger partial charge in [-0.1, -0.05) is 20.3 Å². The summed E-state index contributed by atoms with van der Waals surface area (Å²) in [6, 6.07) is 0. The molecule has 0 radical (unpaired) electrons. The molecule has 0 amide bonds. The summed E-state index contributed by atoms with van der Waals surface area (Å²) in [6.07, 6.45) is 5.33. The number of rotatable bonds is 3. The van der Waals surface area contributed by atoms with Crippen LogP contribution in [0.2, 0.25) is 0 Å². The van der Waals surface area contributed by atoms with Crippen molar-refractivity contribution in [3.63, 3.8) is 0 Å². The van der Waals surface area contributed by atoms with Crippen LogP contribution < -0.4 is 11.3 Å². The Morgan fingerprint density at radius 1 is 1.41 bits per heavy atom. The number of aromatic nitrogens is 2. The van der Waals surface area contributed by atoms with Crippen LogP contribution in [-0.4, -0.2) is 9.97 Å². The number of aromatic amines is 1. The Morgan fingerprint density at radius 3 is 2.71 bits per heavy atom. The molecule has 17 heavy (non-hydrogen) atoms. The van der Waals surface area contributed by atoms with Gasteiger partial charge in [-0.25, -0.2) is 4.98 Å². The lowest BCUT2D eigenvalue weighted by atomic mass is 10.0. The fraction of sp³-hybridized carbons (Fsp3) is 0.692. The summed E-state index contributed by atoms with van der Waals surface area (Å²) in [6.45, 7) is 4.14. The number of hydrogen-bond donors (Lipinski definition) is 2. The molecule has 2 atom stereocenters. The van der Waals surface area contributed by atoms with Crippen molar-refractivity contribution in [3.05, 3.63) is 21.7 Å². The summed E-state index contributed by atoms with van der Waals surface area (Å²) in [5, 5.41) is 0. The molecule has 1 aromatic heterocycles. The monoisotopic (exact) mass is 235 g/mol. The van der Waals surface area contributed by atoms with Gasteiger partial charge in [0, 0.05) is 5.92 Å². The molecule has 0 aliphatic heterocycles. The number of anilines is 1. The molecule has 1 aliphatic carbocycles. The van der Waals surface area contributed by atoms with E-state index in [0.29, 0.717) is 23.7 Å². The van der Waals surface area contributed by atoms with E-state index in [1.165, 1.54) is 12.8 Å². The molecule has 94 valence electrons. The predicted molar refractivity (Wildman–Crippen MR) is 69.0 cm³/mol. The summed E-state index contributed by atoms with van der Waals surface area (Å²) >= 11 is 0. The van der Waals surface area contributed by atoms with Crippen molar-refractivity contribution in [2.45, 2.75) is 51.9 Å². The molecule has 1 aliphatic rings. The highest BCUT2D eigenvalue weighted by atomic mass is 16.1. The third-order valence-corrected chi connectivity index (χ3v) is 3.92. The van der Waals surface area contributed by atoms with Crippen molar-refractivity contribution in [1.82, 2.24) is 9.97 Å². The Labute approximate surface area is 102 Å². The molecule has 0 bridgehead atoms. The van der Waals surface area contributed by atoms with Gasteiger partial charge in [0.25, 0.3) is 5.56 Å². The first-order valence-corrected chi connectivity index (χ1v) is 6.54. The lowest BCUT2D eigenvalue weighted by Crippen LogP contribution is -2.20. The number of nitrogens with two attached hydrogens (primary N) is 1. The Kier molecular flexibility index (Phi) is 3.50. The quantitative estimate of drug-likeness (QED) is 0.843. The lowest BCUT2D eigenvalue weighted by Gasteiger charge is -2.11. The fourth-order valence-corrected chi connectivity index (χ4v) is 2.76. The van der Waals surface area contributed by atoms with Crippen molar-refractivity contribution >= 4 is 5.82 Å². The number of nitrogens with zero attached hydrogens (tertiary/aromatic N) is 1. The summed E-state index contributed by atoms with van der Waals surface area (Å²) < 4.78 is 0. The highest BCUT2D eigenvalue weighted by Crippen LogP contribution is 2.38. The molecular weight excluding hydrogens is 214 g/mol. The van der Waals surface area contributed by atoms with Crippen LogP contribution in [0.1, 0.15) is 56.8 Å². The fourth-order valence-electron chi connectivity index (χ4n) is 2.76. The van der Waals surface area contributed by atoms with Gasteiger partial charge in [0.15, 0.2) is 0 Å². The second kappa shape index (κ2) is 4.90. The molecule has 0 saturated heterocycles. The number of nitrogens with one attached hydrogen (secondary N) is 1. The smallest absolute Gasteiger partial charge is 0.256 e. The van der Waals surface area contributed by atoms with Crippen molar-refractivity contribution in [2.75, 3.05) is 5.73 Å². The zero-order valence-electron chi connectivity index (χ0n) is 10.6. The van der Waals surface area contributed by atoms with E-state index in [0.717, 1.165) is 24.6 Å². The number of H-pyrrole nitrogens is 1. The zero-order chi connectivity index (χ0) is 12.4.